The number of benzene rings is 2. The van der Waals surface area contributed by atoms with Crippen molar-refractivity contribution in [2.75, 3.05) is 11.1 Å². The number of rotatable bonds is 2. The molecule has 0 unspecified atom stereocenters. The Kier molecular flexibility index (Phi) is 3.78. The molecule has 2 aromatic rings. The predicted molar refractivity (Wildman–Crippen MR) is 76.6 cm³/mol. The van der Waals surface area contributed by atoms with Crippen molar-refractivity contribution in [3.8, 4) is 11.8 Å². The molecule has 0 fully saturated rings. The summed E-state index contributed by atoms with van der Waals surface area (Å²) in [6, 6.07) is 10.5. The first-order valence-corrected chi connectivity index (χ1v) is 5.98. The lowest BCUT2D eigenvalue weighted by atomic mass is 10.1. The highest BCUT2D eigenvalue weighted by atomic mass is 35.5. The lowest BCUT2D eigenvalue weighted by molar-refractivity contribution is 0.102. The molecule has 0 aliphatic heterocycles. The largest absolute Gasteiger partial charge is 0.508 e. The summed E-state index contributed by atoms with van der Waals surface area (Å²) < 4.78 is 0. The van der Waals surface area contributed by atoms with Gasteiger partial charge in [-0.15, -0.1) is 0 Å². The van der Waals surface area contributed by atoms with Crippen LogP contribution in [0.15, 0.2) is 36.4 Å². The molecule has 6 heteroatoms. The van der Waals surface area contributed by atoms with E-state index in [0.717, 1.165) is 0 Å². The average Bonchev–Trinajstić information content (AvgIpc) is 2.43. The fraction of sp³-hybridized carbons (Fsp3) is 0. The average molecular weight is 288 g/mol. The van der Waals surface area contributed by atoms with Crippen LogP contribution in [-0.4, -0.2) is 11.0 Å². The van der Waals surface area contributed by atoms with Crippen LogP contribution in [0.1, 0.15) is 15.9 Å². The third kappa shape index (κ3) is 2.82. The summed E-state index contributed by atoms with van der Waals surface area (Å²) in [5, 5.41) is 21.1. The minimum Gasteiger partial charge on any atom is -0.508 e. The number of hydrogen-bond acceptors (Lipinski definition) is 4. The van der Waals surface area contributed by atoms with Gasteiger partial charge in [0.15, 0.2) is 0 Å². The molecule has 0 radical (unpaired) electrons. The van der Waals surface area contributed by atoms with Crippen molar-refractivity contribution in [1.29, 1.82) is 5.26 Å². The minimum absolute atomic E-state index is 0.0719. The Balaban J connectivity index is 2.33. The van der Waals surface area contributed by atoms with Crippen LogP contribution in [0.2, 0.25) is 5.02 Å². The smallest absolute Gasteiger partial charge is 0.257 e. The Hall–Kier alpha value is -2.71. The number of phenolic OH excluding ortho intramolecular Hbond substituents is 1. The van der Waals surface area contributed by atoms with E-state index in [2.05, 4.69) is 5.32 Å². The van der Waals surface area contributed by atoms with Crippen LogP contribution in [0.3, 0.4) is 0 Å². The Morgan fingerprint density at radius 1 is 1.30 bits per heavy atom. The first-order valence-electron chi connectivity index (χ1n) is 5.61. The second kappa shape index (κ2) is 5.51. The van der Waals surface area contributed by atoms with Crippen LogP contribution in [0.5, 0.6) is 5.75 Å². The van der Waals surface area contributed by atoms with Gasteiger partial charge in [0.1, 0.15) is 11.8 Å². The third-order valence-electron chi connectivity index (χ3n) is 2.61. The number of aromatic hydroxyl groups is 1. The molecule has 0 aromatic heterocycles. The zero-order valence-electron chi connectivity index (χ0n) is 10.2. The Labute approximate surface area is 120 Å². The Morgan fingerprint density at radius 3 is 2.75 bits per heavy atom. The number of nitrogens with one attached hydrogen (secondary N) is 1. The number of nitriles is 1. The molecule has 0 aliphatic carbocycles. The van der Waals surface area contributed by atoms with Crippen LogP contribution >= 0.6 is 11.6 Å². The fourth-order valence-corrected chi connectivity index (χ4v) is 1.84. The van der Waals surface area contributed by atoms with Crippen molar-refractivity contribution in [1.82, 2.24) is 0 Å². The number of carbonyl (C=O) groups is 1. The topological polar surface area (TPSA) is 99.1 Å². The highest BCUT2D eigenvalue weighted by molar-refractivity contribution is 6.34. The zero-order valence-corrected chi connectivity index (χ0v) is 11.0. The van der Waals surface area contributed by atoms with E-state index in [0.29, 0.717) is 11.4 Å². The van der Waals surface area contributed by atoms with Gasteiger partial charge in [0.05, 0.1) is 21.8 Å². The van der Waals surface area contributed by atoms with Crippen molar-refractivity contribution < 1.29 is 9.90 Å². The molecule has 20 heavy (non-hydrogen) atoms. The van der Waals surface area contributed by atoms with Crippen molar-refractivity contribution in [2.24, 2.45) is 0 Å². The molecule has 0 saturated carbocycles. The van der Waals surface area contributed by atoms with E-state index in [1.807, 2.05) is 6.07 Å². The van der Waals surface area contributed by atoms with Gasteiger partial charge in [-0.25, -0.2) is 0 Å². The molecule has 2 aromatic carbocycles. The summed E-state index contributed by atoms with van der Waals surface area (Å²) in [6.07, 6.45) is 0. The summed E-state index contributed by atoms with van der Waals surface area (Å²) in [4.78, 5) is 12.1. The summed E-state index contributed by atoms with van der Waals surface area (Å²) >= 11 is 5.90. The van der Waals surface area contributed by atoms with Gasteiger partial charge < -0.3 is 16.2 Å². The van der Waals surface area contributed by atoms with E-state index < -0.39 is 5.91 Å². The molecule has 0 spiro atoms. The maximum atomic E-state index is 12.1. The molecular weight excluding hydrogens is 278 g/mol. The number of halogens is 1. The van der Waals surface area contributed by atoms with Crippen LogP contribution < -0.4 is 11.1 Å². The maximum absolute atomic E-state index is 12.1. The van der Waals surface area contributed by atoms with E-state index in [9.17, 15) is 9.90 Å². The van der Waals surface area contributed by atoms with Gasteiger partial charge in [0.25, 0.3) is 5.91 Å². The highest BCUT2D eigenvalue weighted by Crippen LogP contribution is 2.24. The Bertz CT molecular complexity index is 723. The second-order valence-electron chi connectivity index (χ2n) is 4.04. The number of amides is 1. The number of nitrogens with two attached hydrogens (primary N) is 1. The van der Waals surface area contributed by atoms with Gasteiger partial charge in [-0.05, 0) is 36.4 Å². The van der Waals surface area contributed by atoms with Gasteiger partial charge in [0, 0.05) is 5.69 Å². The van der Waals surface area contributed by atoms with Gasteiger partial charge in [0.2, 0.25) is 0 Å². The number of phenols is 1. The zero-order chi connectivity index (χ0) is 14.7. The molecule has 4 N–H and O–H groups in total. The van der Waals surface area contributed by atoms with Crippen LogP contribution in [0, 0.1) is 11.3 Å². The van der Waals surface area contributed by atoms with E-state index in [4.69, 9.17) is 22.6 Å². The van der Waals surface area contributed by atoms with Crippen molar-refractivity contribution in [3.05, 3.63) is 52.5 Å². The lowest BCUT2D eigenvalue weighted by Gasteiger charge is -2.09. The second-order valence-corrected chi connectivity index (χ2v) is 4.44. The molecule has 1 amide bonds. The molecule has 0 aliphatic rings. The molecule has 2 rings (SSSR count). The quantitative estimate of drug-likeness (QED) is 0.739. The first kappa shape index (κ1) is 13.7. The van der Waals surface area contributed by atoms with E-state index in [-0.39, 0.29) is 21.9 Å². The van der Waals surface area contributed by atoms with Gasteiger partial charge in [-0.2, -0.15) is 5.26 Å². The fourth-order valence-electron chi connectivity index (χ4n) is 1.64. The van der Waals surface area contributed by atoms with E-state index in [1.54, 1.807) is 6.07 Å². The van der Waals surface area contributed by atoms with Crippen molar-refractivity contribution in [2.45, 2.75) is 0 Å². The first-order chi connectivity index (χ1) is 9.51. The summed E-state index contributed by atoms with van der Waals surface area (Å²) in [5.41, 5.74) is 6.68. The third-order valence-corrected chi connectivity index (χ3v) is 2.94. The highest BCUT2D eigenvalue weighted by Gasteiger charge is 2.13. The normalized spacial score (nSPS) is 9.80. The van der Waals surface area contributed by atoms with Gasteiger partial charge in [-0.3, -0.25) is 4.79 Å². The van der Waals surface area contributed by atoms with Gasteiger partial charge in [-0.1, -0.05) is 11.6 Å². The summed E-state index contributed by atoms with van der Waals surface area (Å²) in [6.45, 7) is 0. The van der Waals surface area contributed by atoms with Crippen molar-refractivity contribution >= 4 is 28.9 Å². The Morgan fingerprint density at radius 2 is 2.05 bits per heavy atom. The predicted octanol–water partition coefficient (Wildman–Crippen LogP) is 2.75. The van der Waals surface area contributed by atoms with E-state index >= 15 is 0 Å². The molecule has 100 valence electrons. The van der Waals surface area contributed by atoms with Crippen LogP contribution in [-0.2, 0) is 0 Å². The van der Waals surface area contributed by atoms with E-state index in [1.165, 1.54) is 30.3 Å². The van der Waals surface area contributed by atoms with Crippen molar-refractivity contribution in [3.63, 3.8) is 0 Å². The maximum Gasteiger partial charge on any atom is 0.257 e. The number of hydrogen-bond donors (Lipinski definition) is 3. The lowest BCUT2D eigenvalue weighted by Crippen LogP contribution is -2.13. The molecule has 0 saturated heterocycles. The summed E-state index contributed by atoms with van der Waals surface area (Å²) in [7, 11) is 0. The monoisotopic (exact) mass is 287 g/mol. The molecular formula is C14H10ClN3O2. The summed E-state index contributed by atoms with van der Waals surface area (Å²) in [5.74, 6) is -0.593. The SMILES string of the molecule is N#Cc1cc(N)ccc1NC(=O)c1cc(O)ccc1Cl. The van der Waals surface area contributed by atoms with Gasteiger partial charge >= 0.3 is 0 Å². The number of nitrogen functional groups attached to an aromatic ring is 1. The minimum atomic E-state index is -0.521. The van der Waals surface area contributed by atoms with Crippen LogP contribution in [0.25, 0.3) is 0 Å². The molecule has 0 bridgehead atoms. The molecule has 5 nitrogen and oxygen atoms in total. The number of nitrogens with zero attached hydrogens (tertiary/aromatic N) is 1. The molecule has 0 heterocycles. The molecule has 0 atom stereocenters. The van der Waals surface area contributed by atoms with Crippen LogP contribution in [0.4, 0.5) is 11.4 Å². The number of anilines is 2. The standard InChI is InChI=1S/C14H10ClN3O2/c15-12-3-2-10(19)6-11(12)14(20)18-13-4-1-9(17)5-8(13)7-16/h1-6,19H,17H2,(H,18,20). The number of carbonyl (C=O) groups excluding carboxylic acids is 1.